The van der Waals surface area contributed by atoms with Gasteiger partial charge >= 0.3 is 17.6 Å². The van der Waals surface area contributed by atoms with E-state index < -0.39 is 39.1 Å². The maximum atomic E-state index is 13.5. The first-order chi connectivity index (χ1) is 12.1. The van der Waals surface area contributed by atoms with E-state index in [9.17, 15) is 28.4 Å². The largest absolute Gasteiger partial charge is 0.618 e. The van der Waals surface area contributed by atoms with Gasteiger partial charge in [-0.3, -0.25) is 9.78 Å². The van der Waals surface area contributed by atoms with Crippen molar-refractivity contribution in [3.05, 3.63) is 74.1 Å². The molecule has 0 saturated carbocycles. The molecule has 26 heavy (non-hydrogen) atoms. The van der Waals surface area contributed by atoms with Crippen LogP contribution in [0.2, 0.25) is 10.0 Å². The highest BCUT2D eigenvalue weighted by atomic mass is 35.5. The van der Waals surface area contributed by atoms with Crippen molar-refractivity contribution >= 4 is 40.0 Å². The second kappa shape index (κ2) is 6.26. The van der Waals surface area contributed by atoms with Gasteiger partial charge in [0.2, 0.25) is 0 Å². The molecule has 0 amide bonds. The van der Waals surface area contributed by atoms with Gasteiger partial charge in [0, 0.05) is 30.1 Å². The number of nitrogens with zero attached hydrogens (tertiary/aromatic N) is 3. The molecule has 2 heterocycles. The Kier molecular flexibility index (Phi) is 4.37. The molecular weight excluding hydrogens is 398 g/mol. The fraction of sp³-hybridized carbons (Fsp3) is 0.0667. The van der Waals surface area contributed by atoms with Gasteiger partial charge < -0.3 is 10.4 Å². The topological polar surface area (TPSA) is 83.8 Å². The first-order valence-electron chi connectivity index (χ1n) is 6.82. The van der Waals surface area contributed by atoms with Crippen LogP contribution in [0.4, 0.5) is 13.2 Å². The van der Waals surface area contributed by atoms with E-state index in [1.54, 1.807) is 0 Å². The summed E-state index contributed by atoms with van der Waals surface area (Å²) in [4.78, 5) is 16.2. The molecule has 0 saturated heterocycles. The quantitative estimate of drug-likeness (QED) is 0.374. The van der Waals surface area contributed by atoms with E-state index in [4.69, 9.17) is 23.2 Å². The normalized spacial score (nSPS) is 11.7. The van der Waals surface area contributed by atoms with Crippen molar-refractivity contribution in [1.29, 1.82) is 0 Å². The van der Waals surface area contributed by atoms with Crippen molar-refractivity contribution in [3.8, 4) is 0 Å². The number of halogens is 5. The third-order valence-electron chi connectivity index (χ3n) is 3.51. The van der Waals surface area contributed by atoms with Crippen molar-refractivity contribution in [2.24, 2.45) is 0 Å². The Balaban J connectivity index is 2.46. The van der Waals surface area contributed by atoms with Crippen LogP contribution in [-0.2, 0) is 6.18 Å². The van der Waals surface area contributed by atoms with Crippen molar-refractivity contribution in [1.82, 2.24) is 4.98 Å². The minimum absolute atomic E-state index is 0.161. The summed E-state index contributed by atoms with van der Waals surface area (Å²) in [7, 11) is 0. The number of pyridine rings is 1. The number of aromatic nitrogens is 3. The molecule has 0 aliphatic heterocycles. The molecule has 0 N–H and O–H groups in total. The lowest BCUT2D eigenvalue weighted by Gasteiger charge is -2.14. The van der Waals surface area contributed by atoms with Gasteiger partial charge in [-0.2, -0.15) is 17.9 Å². The smallest absolute Gasteiger partial charge is 0.486 e. The zero-order valence-electron chi connectivity index (χ0n) is 12.4. The van der Waals surface area contributed by atoms with Crippen LogP contribution in [0.5, 0.6) is 0 Å². The van der Waals surface area contributed by atoms with Gasteiger partial charge in [-0.05, 0) is 12.1 Å². The fourth-order valence-corrected chi connectivity index (χ4v) is 2.69. The number of ketones is 1. The maximum absolute atomic E-state index is 13.5. The number of carbonyl (C=O) groups is 1. The van der Waals surface area contributed by atoms with E-state index in [2.05, 4.69) is 4.98 Å². The van der Waals surface area contributed by atoms with E-state index in [0.717, 1.165) is 24.3 Å². The lowest BCUT2D eigenvalue weighted by Crippen LogP contribution is -2.50. The second-order valence-electron chi connectivity index (χ2n) is 5.10. The third-order valence-corrected chi connectivity index (χ3v) is 4.23. The second-order valence-corrected chi connectivity index (χ2v) is 5.92. The number of alkyl halides is 3. The summed E-state index contributed by atoms with van der Waals surface area (Å²) >= 11 is 11.5. The molecule has 0 bridgehead atoms. The predicted molar refractivity (Wildman–Crippen MR) is 84.6 cm³/mol. The molecule has 1 aromatic carbocycles. The number of rotatable bonds is 2. The Hall–Kier alpha value is -2.65. The van der Waals surface area contributed by atoms with Crippen molar-refractivity contribution < 1.29 is 27.4 Å². The highest BCUT2D eigenvalue weighted by molar-refractivity contribution is 6.42. The minimum Gasteiger partial charge on any atom is -0.618 e. The first-order valence-corrected chi connectivity index (χ1v) is 7.58. The van der Waals surface area contributed by atoms with Gasteiger partial charge in [0.1, 0.15) is 0 Å². The summed E-state index contributed by atoms with van der Waals surface area (Å²) in [6.07, 6.45) is -2.94. The molecule has 0 atom stereocenters. The fourth-order valence-electron chi connectivity index (χ4n) is 2.37. The van der Waals surface area contributed by atoms with Crippen LogP contribution >= 0.6 is 23.2 Å². The molecule has 0 aliphatic carbocycles. The van der Waals surface area contributed by atoms with Gasteiger partial charge in [-0.25, -0.2) is 0 Å². The molecule has 2 aromatic heterocycles. The van der Waals surface area contributed by atoms with Crippen LogP contribution in [0.15, 0.2) is 36.7 Å². The SMILES string of the molecule is O=C(c1ccncc1)c1c(C(F)(F)F)[n+]([O-])c2cc(Cl)c(Cl)cc2[n+]1[O-]. The van der Waals surface area contributed by atoms with E-state index >= 15 is 0 Å². The number of benzene rings is 1. The highest BCUT2D eigenvalue weighted by Crippen LogP contribution is 2.32. The van der Waals surface area contributed by atoms with E-state index in [0.29, 0.717) is 0 Å². The number of fused-ring (bicyclic) bond motifs is 1. The predicted octanol–water partition coefficient (Wildman–Crippen LogP) is 3.06. The Morgan fingerprint density at radius 2 is 1.50 bits per heavy atom. The van der Waals surface area contributed by atoms with Gasteiger partial charge in [0.05, 0.1) is 10.0 Å². The molecule has 0 spiro atoms. The zero-order chi connectivity index (χ0) is 19.2. The third kappa shape index (κ3) is 2.89. The van der Waals surface area contributed by atoms with Gasteiger partial charge in [-0.15, -0.1) is 4.73 Å². The van der Waals surface area contributed by atoms with Crippen LogP contribution in [0.25, 0.3) is 11.0 Å². The summed E-state index contributed by atoms with van der Waals surface area (Å²) in [5.74, 6) is -1.28. The molecule has 11 heteroatoms. The van der Waals surface area contributed by atoms with Gasteiger partial charge in [0.25, 0.3) is 16.8 Å². The minimum atomic E-state index is -5.27. The van der Waals surface area contributed by atoms with Gasteiger partial charge in [0.15, 0.2) is 0 Å². The average molecular weight is 404 g/mol. The molecule has 0 unspecified atom stereocenters. The number of hydrogen-bond acceptors (Lipinski definition) is 4. The monoisotopic (exact) mass is 403 g/mol. The molecule has 0 radical (unpaired) electrons. The molecule has 6 nitrogen and oxygen atoms in total. The van der Waals surface area contributed by atoms with Crippen LogP contribution < -0.4 is 9.46 Å². The lowest BCUT2D eigenvalue weighted by atomic mass is 10.1. The van der Waals surface area contributed by atoms with Crippen LogP contribution in [0.3, 0.4) is 0 Å². The van der Waals surface area contributed by atoms with Crippen LogP contribution in [-0.4, -0.2) is 10.8 Å². The molecule has 3 aromatic rings. The van der Waals surface area contributed by atoms with Crippen molar-refractivity contribution in [2.45, 2.75) is 6.18 Å². The number of carbonyl (C=O) groups excluding carboxylic acids is 1. The Morgan fingerprint density at radius 3 is 2.00 bits per heavy atom. The van der Waals surface area contributed by atoms with Gasteiger partial charge in [-0.1, -0.05) is 23.2 Å². The van der Waals surface area contributed by atoms with E-state index in [1.807, 2.05) is 0 Å². The van der Waals surface area contributed by atoms with Crippen LogP contribution in [0, 0.1) is 10.4 Å². The van der Waals surface area contributed by atoms with Crippen molar-refractivity contribution in [3.63, 3.8) is 0 Å². The summed E-state index contributed by atoms with van der Waals surface area (Å²) in [6, 6.07) is 3.99. The zero-order valence-corrected chi connectivity index (χ0v) is 13.9. The van der Waals surface area contributed by atoms with E-state index in [-0.39, 0.29) is 20.3 Å². The molecule has 134 valence electrons. The Labute approximate surface area is 153 Å². The molecule has 3 rings (SSSR count). The average Bonchev–Trinajstić information content (AvgIpc) is 2.58. The van der Waals surface area contributed by atoms with Crippen molar-refractivity contribution in [2.75, 3.05) is 0 Å². The van der Waals surface area contributed by atoms with E-state index in [1.165, 1.54) is 12.4 Å². The lowest BCUT2D eigenvalue weighted by molar-refractivity contribution is -0.647. The number of hydrogen-bond donors (Lipinski definition) is 0. The summed E-state index contributed by atoms with van der Waals surface area (Å²) < 4.78 is 39.6. The summed E-state index contributed by atoms with van der Waals surface area (Å²) in [5.41, 5.74) is -4.76. The highest BCUT2D eigenvalue weighted by Gasteiger charge is 2.51. The molecule has 0 aliphatic rings. The Bertz CT molecular complexity index is 1040. The first kappa shape index (κ1) is 18.2. The molecular formula is C15H6Cl2F3N3O3. The summed E-state index contributed by atoms with van der Waals surface area (Å²) in [5, 5.41) is 24.5. The standard InChI is InChI=1S/C15H6Cl2F3N3O3/c16-8-5-10-11(6-9(8)17)23(26)14(15(18,19)20)12(22(10)25)13(24)7-1-3-21-4-2-7/h1-6H. The maximum Gasteiger partial charge on any atom is 0.486 e. The summed E-state index contributed by atoms with van der Waals surface area (Å²) in [6.45, 7) is 0. The Morgan fingerprint density at radius 1 is 1.00 bits per heavy atom. The van der Waals surface area contributed by atoms with Crippen LogP contribution in [0.1, 0.15) is 21.7 Å². The molecule has 0 fully saturated rings.